The van der Waals surface area contributed by atoms with Crippen LogP contribution in [-0.4, -0.2) is 17.6 Å². The molecule has 0 aliphatic rings. The number of para-hydroxylation sites is 1. The van der Waals surface area contributed by atoms with Crippen LogP contribution >= 0.6 is 11.6 Å². The lowest BCUT2D eigenvalue weighted by molar-refractivity contribution is 0.0587. The number of rotatable bonds is 3. The third-order valence-electron chi connectivity index (χ3n) is 3.46. The van der Waals surface area contributed by atoms with Crippen LogP contribution in [0.25, 0.3) is 10.9 Å². The summed E-state index contributed by atoms with van der Waals surface area (Å²) in [6.45, 7) is 0. The van der Waals surface area contributed by atoms with Gasteiger partial charge in [-0.3, -0.25) is 0 Å². The van der Waals surface area contributed by atoms with Gasteiger partial charge in [-0.25, -0.2) is 4.79 Å². The molecule has 0 amide bonds. The number of esters is 1. The van der Waals surface area contributed by atoms with Gasteiger partial charge in [-0.2, -0.15) is 0 Å². The van der Waals surface area contributed by atoms with Gasteiger partial charge in [-0.15, -0.1) is 0 Å². The Bertz CT molecular complexity index is 840. The Morgan fingerprint density at radius 2 is 1.86 bits per heavy atom. The van der Waals surface area contributed by atoms with Gasteiger partial charge in [0.15, 0.2) is 11.4 Å². The van der Waals surface area contributed by atoms with Crippen molar-refractivity contribution in [2.45, 2.75) is 0 Å². The normalized spacial score (nSPS) is 10.7. The Hall–Kier alpha value is -2.46. The summed E-state index contributed by atoms with van der Waals surface area (Å²) < 4.78 is 12.6. The van der Waals surface area contributed by atoms with Crippen molar-refractivity contribution in [1.29, 1.82) is 0 Å². The summed E-state index contributed by atoms with van der Waals surface area (Å²) in [6, 6.07) is 14.7. The van der Waals surface area contributed by atoms with Gasteiger partial charge in [0, 0.05) is 17.5 Å². The van der Waals surface area contributed by atoms with Gasteiger partial charge in [0.2, 0.25) is 0 Å². The van der Waals surface area contributed by atoms with Crippen molar-refractivity contribution in [2.24, 2.45) is 7.05 Å². The predicted molar refractivity (Wildman–Crippen MR) is 85.8 cm³/mol. The number of fused-ring (bicyclic) bond motifs is 1. The van der Waals surface area contributed by atoms with Crippen molar-refractivity contribution in [3.8, 4) is 11.5 Å². The van der Waals surface area contributed by atoms with Crippen molar-refractivity contribution in [3.05, 3.63) is 59.2 Å². The molecule has 0 spiro atoms. The third kappa shape index (κ3) is 2.42. The van der Waals surface area contributed by atoms with Crippen molar-refractivity contribution in [1.82, 2.24) is 4.57 Å². The van der Waals surface area contributed by atoms with Crippen LogP contribution in [0, 0.1) is 0 Å². The van der Waals surface area contributed by atoms with E-state index in [0.29, 0.717) is 22.2 Å². The number of nitrogens with zero attached hydrogens (tertiary/aromatic N) is 1. The minimum atomic E-state index is -0.458. The number of methoxy groups -OCH3 is 1. The van der Waals surface area contributed by atoms with E-state index in [9.17, 15) is 4.79 Å². The van der Waals surface area contributed by atoms with Gasteiger partial charge in [-0.1, -0.05) is 29.8 Å². The lowest BCUT2D eigenvalue weighted by Crippen LogP contribution is -2.08. The molecule has 0 aliphatic carbocycles. The van der Waals surface area contributed by atoms with E-state index in [-0.39, 0.29) is 0 Å². The molecule has 0 aliphatic heterocycles. The first kappa shape index (κ1) is 14.5. The Balaban J connectivity index is 2.25. The molecule has 0 saturated heterocycles. The molecule has 0 unspecified atom stereocenters. The zero-order chi connectivity index (χ0) is 15.7. The molecule has 0 radical (unpaired) electrons. The van der Waals surface area contributed by atoms with Crippen LogP contribution in [-0.2, 0) is 11.8 Å². The van der Waals surface area contributed by atoms with Crippen LogP contribution in [0.2, 0.25) is 5.02 Å². The molecule has 0 fully saturated rings. The first-order valence-electron chi connectivity index (χ1n) is 6.71. The van der Waals surface area contributed by atoms with Gasteiger partial charge in [0.1, 0.15) is 5.75 Å². The Morgan fingerprint density at radius 3 is 2.55 bits per heavy atom. The highest BCUT2D eigenvalue weighted by Gasteiger charge is 2.24. The first-order chi connectivity index (χ1) is 10.6. The van der Waals surface area contributed by atoms with Crippen LogP contribution in [0.3, 0.4) is 0 Å². The van der Waals surface area contributed by atoms with Crippen molar-refractivity contribution in [3.63, 3.8) is 0 Å². The number of carbonyl (C=O) groups is 1. The maximum atomic E-state index is 12.1. The number of aromatic nitrogens is 1. The molecule has 1 heterocycles. The van der Waals surface area contributed by atoms with Crippen molar-refractivity contribution < 1.29 is 14.3 Å². The van der Waals surface area contributed by atoms with Gasteiger partial charge >= 0.3 is 5.97 Å². The van der Waals surface area contributed by atoms with Crippen LogP contribution in [0.5, 0.6) is 11.5 Å². The highest BCUT2D eigenvalue weighted by atomic mass is 35.5. The molecular formula is C17H14ClNO3. The van der Waals surface area contributed by atoms with Gasteiger partial charge < -0.3 is 14.0 Å². The van der Waals surface area contributed by atoms with E-state index >= 15 is 0 Å². The molecule has 4 nitrogen and oxygen atoms in total. The summed E-state index contributed by atoms with van der Waals surface area (Å²) in [7, 11) is 3.14. The van der Waals surface area contributed by atoms with E-state index in [1.165, 1.54) is 7.11 Å². The second-order valence-electron chi connectivity index (χ2n) is 4.80. The van der Waals surface area contributed by atoms with Crippen molar-refractivity contribution in [2.75, 3.05) is 7.11 Å². The molecule has 0 N–H and O–H groups in total. The molecule has 3 aromatic rings. The number of hydrogen-bond acceptors (Lipinski definition) is 3. The SMILES string of the molecule is COC(=O)c1c(Oc2ccccc2)c2cc(Cl)ccc2n1C. The summed E-state index contributed by atoms with van der Waals surface area (Å²) in [5.41, 5.74) is 1.19. The van der Waals surface area contributed by atoms with Crippen LogP contribution in [0.15, 0.2) is 48.5 Å². The minimum Gasteiger partial charge on any atom is -0.464 e. The Kier molecular flexibility index (Phi) is 3.77. The summed E-state index contributed by atoms with van der Waals surface area (Å²) in [5, 5.41) is 1.34. The zero-order valence-electron chi connectivity index (χ0n) is 12.2. The molecule has 22 heavy (non-hydrogen) atoms. The van der Waals surface area contributed by atoms with Gasteiger partial charge in [0.05, 0.1) is 12.6 Å². The summed E-state index contributed by atoms with van der Waals surface area (Å²) in [4.78, 5) is 12.1. The molecule has 112 valence electrons. The smallest absolute Gasteiger partial charge is 0.358 e. The van der Waals surface area contributed by atoms with E-state index in [1.807, 2.05) is 36.4 Å². The van der Waals surface area contributed by atoms with E-state index < -0.39 is 5.97 Å². The number of benzene rings is 2. The largest absolute Gasteiger partial charge is 0.464 e. The average Bonchev–Trinajstić information content (AvgIpc) is 2.79. The standard InChI is InChI=1S/C17H14ClNO3/c1-19-14-9-8-11(18)10-13(14)16(15(19)17(20)21-2)22-12-6-4-3-5-7-12/h3-10H,1-2H3. The van der Waals surface area contributed by atoms with Crippen LogP contribution < -0.4 is 4.74 Å². The molecule has 0 bridgehead atoms. The van der Waals surface area contributed by atoms with Gasteiger partial charge in [0.25, 0.3) is 0 Å². The third-order valence-corrected chi connectivity index (χ3v) is 3.69. The Labute approximate surface area is 132 Å². The van der Waals surface area contributed by atoms with E-state index in [1.54, 1.807) is 23.7 Å². The fraction of sp³-hybridized carbons (Fsp3) is 0.118. The van der Waals surface area contributed by atoms with E-state index in [4.69, 9.17) is 21.1 Å². The number of hydrogen-bond donors (Lipinski definition) is 0. The van der Waals surface area contributed by atoms with Gasteiger partial charge in [-0.05, 0) is 30.3 Å². The fourth-order valence-electron chi connectivity index (χ4n) is 2.42. The lowest BCUT2D eigenvalue weighted by atomic mass is 10.2. The number of halogens is 1. The maximum Gasteiger partial charge on any atom is 0.358 e. The Morgan fingerprint density at radius 1 is 1.14 bits per heavy atom. The minimum absolute atomic E-state index is 0.351. The average molecular weight is 316 g/mol. The monoisotopic (exact) mass is 315 g/mol. The molecule has 0 atom stereocenters. The second kappa shape index (κ2) is 5.73. The quantitative estimate of drug-likeness (QED) is 0.672. The van der Waals surface area contributed by atoms with E-state index in [0.717, 1.165) is 10.9 Å². The topological polar surface area (TPSA) is 40.5 Å². The summed E-state index contributed by atoms with van der Waals surface area (Å²) in [5.74, 6) is 0.624. The van der Waals surface area contributed by atoms with Crippen LogP contribution in [0.4, 0.5) is 0 Å². The molecule has 2 aromatic carbocycles. The number of aryl methyl sites for hydroxylation is 1. The number of ether oxygens (including phenoxy) is 2. The fourth-order valence-corrected chi connectivity index (χ4v) is 2.59. The predicted octanol–water partition coefficient (Wildman–Crippen LogP) is 4.41. The molecule has 0 saturated carbocycles. The zero-order valence-corrected chi connectivity index (χ0v) is 12.9. The summed E-state index contributed by atoms with van der Waals surface area (Å²) >= 11 is 6.09. The summed E-state index contributed by atoms with van der Waals surface area (Å²) in [6.07, 6.45) is 0. The van der Waals surface area contributed by atoms with E-state index in [2.05, 4.69) is 0 Å². The van der Waals surface area contributed by atoms with Crippen LogP contribution in [0.1, 0.15) is 10.5 Å². The second-order valence-corrected chi connectivity index (χ2v) is 5.24. The maximum absolute atomic E-state index is 12.1. The molecular weight excluding hydrogens is 302 g/mol. The lowest BCUT2D eigenvalue weighted by Gasteiger charge is -2.07. The van der Waals surface area contributed by atoms with Crippen molar-refractivity contribution >= 4 is 28.5 Å². The highest BCUT2D eigenvalue weighted by Crippen LogP contribution is 2.37. The molecule has 3 rings (SSSR count). The molecule has 5 heteroatoms. The molecule has 1 aromatic heterocycles. The number of carbonyl (C=O) groups excluding carboxylic acids is 1. The first-order valence-corrected chi connectivity index (χ1v) is 7.08. The highest BCUT2D eigenvalue weighted by molar-refractivity contribution is 6.31.